The van der Waals surface area contributed by atoms with Crippen molar-refractivity contribution in [3.8, 4) is 5.75 Å². The standard InChI is InChI=1S/C19H21NO4/c1-2-15-5-3-4-6-17(15)24-13-18(21)20-16-10-7-14(8-11-16)9-12-19(22)23/h3-8,10-11H,2,9,12-13H2,1H3,(H,20,21)(H,22,23). The van der Waals surface area contributed by atoms with Crippen LogP contribution in [0, 0.1) is 0 Å². The molecule has 0 saturated carbocycles. The van der Waals surface area contributed by atoms with Crippen LogP contribution in [0.15, 0.2) is 48.5 Å². The monoisotopic (exact) mass is 327 g/mol. The van der Waals surface area contributed by atoms with E-state index >= 15 is 0 Å². The van der Waals surface area contributed by atoms with Crippen LogP contribution >= 0.6 is 0 Å². The second-order valence-corrected chi connectivity index (χ2v) is 5.39. The summed E-state index contributed by atoms with van der Waals surface area (Å²) < 4.78 is 5.57. The first-order valence-corrected chi connectivity index (χ1v) is 7.89. The second kappa shape index (κ2) is 8.72. The lowest BCUT2D eigenvalue weighted by atomic mass is 10.1. The highest BCUT2D eigenvalue weighted by Crippen LogP contribution is 2.18. The van der Waals surface area contributed by atoms with Gasteiger partial charge in [-0.05, 0) is 42.2 Å². The molecule has 5 heteroatoms. The number of aliphatic carboxylic acids is 1. The summed E-state index contributed by atoms with van der Waals surface area (Å²) in [4.78, 5) is 22.5. The van der Waals surface area contributed by atoms with Crippen molar-refractivity contribution in [2.24, 2.45) is 0 Å². The van der Waals surface area contributed by atoms with Crippen molar-refractivity contribution in [2.75, 3.05) is 11.9 Å². The number of hydrogen-bond donors (Lipinski definition) is 2. The molecular formula is C19H21NO4. The van der Waals surface area contributed by atoms with Gasteiger partial charge >= 0.3 is 5.97 Å². The van der Waals surface area contributed by atoms with Gasteiger partial charge < -0.3 is 15.2 Å². The maximum absolute atomic E-state index is 12.0. The minimum atomic E-state index is -0.822. The number of carbonyl (C=O) groups is 2. The van der Waals surface area contributed by atoms with E-state index in [0.717, 1.165) is 23.3 Å². The highest BCUT2D eigenvalue weighted by molar-refractivity contribution is 5.91. The van der Waals surface area contributed by atoms with Crippen LogP contribution < -0.4 is 10.1 Å². The molecule has 1 amide bonds. The third-order valence-corrected chi connectivity index (χ3v) is 3.58. The van der Waals surface area contributed by atoms with Gasteiger partial charge in [-0.3, -0.25) is 9.59 Å². The summed E-state index contributed by atoms with van der Waals surface area (Å²) in [6, 6.07) is 14.8. The zero-order valence-corrected chi connectivity index (χ0v) is 13.6. The maximum Gasteiger partial charge on any atom is 0.303 e. The van der Waals surface area contributed by atoms with E-state index < -0.39 is 5.97 Å². The zero-order valence-electron chi connectivity index (χ0n) is 13.6. The van der Waals surface area contributed by atoms with E-state index in [2.05, 4.69) is 5.32 Å². The number of anilines is 1. The lowest BCUT2D eigenvalue weighted by Crippen LogP contribution is -2.20. The van der Waals surface area contributed by atoms with Crippen LogP contribution in [-0.2, 0) is 22.4 Å². The van der Waals surface area contributed by atoms with Gasteiger partial charge in [0.1, 0.15) is 5.75 Å². The van der Waals surface area contributed by atoms with E-state index in [9.17, 15) is 9.59 Å². The fourth-order valence-corrected chi connectivity index (χ4v) is 2.28. The molecule has 0 bridgehead atoms. The third kappa shape index (κ3) is 5.43. The number of ether oxygens (including phenoxy) is 1. The van der Waals surface area contributed by atoms with E-state index in [4.69, 9.17) is 9.84 Å². The van der Waals surface area contributed by atoms with Crippen molar-refractivity contribution in [2.45, 2.75) is 26.2 Å². The summed E-state index contributed by atoms with van der Waals surface area (Å²) in [5.41, 5.74) is 2.64. The number of rotatable bonds is 8. The molecule has 0 aromatic heterocycles. The molecule has 0 aliphatic rings. The number of amides is 1. The lowest BCUT2D eigenvalue weighted by molar-refractivity contribution is -0.137. The van der Waals surface area contributed by atoms with Gasteiger partial charge in [0.2, 0.25) is 0 Å². The quantitative estimate of drug-likeness (QED) is 0.780. The highest BCUT2D eigenvalue weighted by Gasteiger charge is 2.06. The summed E-state index contributed by atoms with van der Waals surface area (Å²) in [6.45, 7) is 1.98. The smallest absolute Gasteiger partial charge is 0.303 e. The van der Waals surface area contributed by atoms with Crippen LogP contribution in [0.2, 0.25) is 0 Å². The Hall–Kier alpha value is -2.82. The van der Waals surface area contributed by atoms with E-state index in [0.29, 0.717) is 12.1 Å². The van der Waals surface area contributed by atoms with Gasteiger partial charge in [-0.15, -0.1) is 0 Å². The van der Waals surface area contributed by atoms with Gasteiger partial charge in [0, 0.05) is 12.1 Å². The molecule has 0 heterocycles. The van der Waals surface area contributed by atoms with Gasteiger partial charge in [-0.25, -0.2) is 0 Å². The largest absolute Gasteiger partial charge is 0.483 e. The molecule has 0 aliphatic carbocycles. The van der Waals surface area contributed by atoms with E-state index in [1.807, 2.05) is 43.3 Å². The summed E-state index contributed by atoms with van der Waals surface area (Å²) >= 11 is 0. The summed E-state index contributed by atoms with van der Waals surface area (Å²) in [7, 11) is 0. The Balaban J connectivity index is 1.84. The minimum Gasteiger partial charge on any atom is -0.483 e. The van der Waals surface area contributed by atoms with Crippen molar-refractivity contribution < 1.29 is 19.4 Å². The normalized spacial score (nSPS) is 10.2. The van der Waals surface area contributed by atoms with Gasteiger partial charge in [0.05, 0.1) is 0 Å². The van der Waals surface area contributed by atoms with Gasteiger partial charge in [0.15, 0.2) is 6.61 Å². The lowest BCUT2D eigenvalue weighted by Gasteiger charge is -2.10. The van der Waals surface area contributed by atoms with Crippen molar-refractivity contribution >= 4 is 17.6 Å². The Labute approximate surface area is 141 Å². The predicted molar refractivity (Wildman–Crippen MR) is 92.3 cm³/mol. The molecule has 24 heavy (non-hydrogen) atoms. The van der Waals surface area contributed by atoms with Gasteiger partial charge in [-0.1, -0.05) is 37.3 Å². The molecule has 2 aromatic carbocycles. The summed E-state index contributed by atoms with van der Waals surface area (Å²) in [6.07, 6.45) is 1.41. The first kappa shape index (κ1) is 17.5. The Morgan fingerprint density at radius 1 is 1.08 bits per heavy atom. The molecule has 5 nitrogen and oxygen atoms in total. The van der Waals surface area contributed by atoms with Crippen LogP contribution in [-0.4, -0.2) is 23.6 Å². The van der Waals surface area contributed by atoms with Gasteiger partial charge in [-0.2, -0.15) is 0 Å². The molecule has 126 valence electrons. The number of carboxylic acid groups (broad SMARTS) is 1. The second-order valence-electron chi connectivity index (χ2n) is 5.39. The summed E-state index contributed by atoms with van der Waals surface area (Å²) in [5.74, 6) is -0.338. The molecule has 2 rings (SSSR count). The number of aryl methyl sites for hydroxylation is 2. The van der Waals surface area contributed by atoms with Crippen LogP contribution in [0.5, 0.6) is 5.75 Å². The third-order valence-electron chi connectivity index (χ3n) is 3.58. The Bertz CT molecular complexity index is 695. The van der Waals surface area contributed by atoms with E-state index in [1.54, 1.807) is 12.1 Å². The molecule has 0 atom stereocenters. The predicted octanol–water partition coefficient (Wildman–Crippen LogP) is 3.28. The van der Waals surface area contributed by atoms with Crippen LogP contribution in [0.4, 0.5) is 5.69 Å². The van der Waals surface area contributed by atoms with Crippen molar-refractivity contribution in [3.63, 3.8) is 0 Å². The number of para-hydroxylation sites is 1. The molecule has 0 saturated heterocycles. The van der Waals surface area contributed by atoms with Crippen molar-refractivity contribution in [3.05, 3.63) is 59.7 Å². The molecule has 0 fully saturated rings. The SMILES string of the molecule is CCc1ccccc1OCC(=O)Nc1ccc(CCC(=O)O)cc1. The van der Waals surface area contributed by atoms with E-state index in [-0.39, 0.29) is 18.9 Å². The zero-order chi connectivity index (χ0) is 17.4. The fourth-order valence-electron chi connectivity index (χ4n) is 2.28. The first-order chi connectivity index (χ1) is 11.6. The number of hydrogen-bond acceptors (Lipinski definition) is 3. The van der Waals surface area contributed by atoms with Crippen molar-refractivity contribution in [1.29, 1.82) is 0 Å². The summed E-state index contributed by atoms with van der Waals surface area (Å²) in [5, 5.41) is 11.4. The molecule has 2 aromatic rings. The van der Waals surface area contributed by atoms with Crippen molar-refractivity contribution in [1.82, 2.24) is 0 Å². The molecule has 0 radical (unpaired) electrons. The average molecular weight is 327 g/mol. The van der Waals surface area contributed by atoms with Gasteiger partial charge in [0.25, 0.3) is 5.91 Å². The number of benzene rings is 2. The number of carbonyl (C=O) groups excluding carboxylic acids is 1. The van der Waals surface area contributed by atoms with Crippen LogP contribution in [0.1, 0.15) is 24.5 Å². The highest BCUT2D eigenvalue weighted by atomic mass is 16.5. The number of nitrogens with one attached hydrogen (secondary N) is 1. The average Bonchev–Trinajstić information content (AvgIpc) is 2.59. The van der Waals surface area contributed by atoms with E-state index in [1.165, 1.54) is 0 Å². The Kier molecular flexibility index (Phi) is 6.37. The van der Waals surface area contributed by atoms with Crippen LogP contribution in [0.25, 0.3) is 0 Å². The molecule has 0 spiro atoms. The first-order valence-electron chi connectivity index (χ1n) is 7.89. The van der Waals surface area contributed by atoms with Crippen LogP contribution in [0.3, 0.4) is 0 Å². The number of carboxylic acids is 1. The molecule has 0 aliphatic heterocycles. The minimum absolute atomic E-state index is 0.0578. The Morgan fingerprint density at radius 2 is 1.79 bits per heavy atom. The fraction of sp³-hybridized carbons (Fsp3) is 0.263. The molecule has 2 N–H and O–H groups in total. The Morgan fingerprint density at radius 3 is 2.46 bits per heavy atom. The molecular weight excluding hydrogens is 306 g/mol. The maximum atomic E-state index is 12.0. The topological polar surface area (TPSA) is 75.6 Å². The molecule has 0 unspecified atom stereocenters.